The first kappa shape index (κ1) is 22.3. The van der Waals surface area contributed by atoms with Gasteiger partial charge in [0, 0.05) is 23.5 Å². The molecule has 35 heavy (non-hydrogen) atoms. The van der Waals surface area contributed by atoms with Crippen molar-refractivity contribution in [2.24, 2.45) is 10.9 Å². The lowest BCUT2D eigenvalue weighted by Gasteiger charge is -2.09. The van der Waals surface area contributed by atoms with Gasteiger partial charge in [0.05, 0.1) is 18.4 Å². The lowest BCUT2D eigenvalue weighted by molar-refractivity contribution is 0.0526. The summed E-state index contributed by atoms with van der Waals surface area (Å²) >= 11 is 0. The van der Waals surface area contributed by atoms with E-state index >= 15 is 0 Å². The molecular weight excluding hydrogens is 457 g/mol. The summed E-state index contributed by atoms with van der Waals surface area (Å²) in [5.41, 5.74) is 0.913. The number of aromatic amines is 2. The maximum atomic E-state index is 14.2. The Balaban J connectivity index is 1.60. The van der Waals surface area contributed by atoms with E-state index in [1.165, 1.54) is 24.4 Å². The minimum Gasteiger partial charge on any atom is -0.493 e. The second-order valence-corrected chi connectivity index (χ2v) is 8.18. The number of nitrogens with one attached hydrogen (secondary N) is 3. The number of halogens is 1. The number of anilines is 2. The van der Waals surface area contributed by atoms with E-state index in [4.69, 9.17) is 4.74 Å². The molecule has 1 saturated carbocycles. The predicted octanol–water partition coefficient (Wildman–Crippen LogP) is 1.37. The third-order valence-corrected chi connectivity index (χ3v) is 5.41. The molecule has 4 N–H and O–H groups in total. The molecule has 1 aromatic carbocycles. The largest absolute Gasteiger partial charge is 0.493 e. The van der Waals surface area contributed by atoms with Gasteiger partial charge >= 0.3 is 11.7 Å². The molecule has 0 saturated heterocycles. The highest BCUT2D eigenvalue weighted by atomic mass is 19.1. The molecule has 0 unspecified atom stereocenters. The average Bonchev–Trinajstić information content (AvgIpc) is 3.48. The summed E-state index contributed by atoms with van der Waals surface area (Å²) in [6.07, 6.45) is 5.31. The van der Waals surface area contributed by atoms with Gasteiger partial charge in [0.25, 0.3) is 0 Å². The van der Waals surface area contributed by atoms with Crippen molar-refractivity contribution in [1.29, 1.82) is 0 Å². The molecule has 0 spiro atoms. The minimum atomic E-state index is -0.633. The molecule has 0 atom stereocenters. The first-order chi connectivity index (χ1) is 16.9. The van der Waals surface area contributed by atoms with E-state index in [2.05, 4.69) is 30.4 Å². The molecule has 3 aromatic heterocycles. The molecule has 1 fully saturated rings. The zero-order valence-electron chi connectivity index (χ0n) is 18.7. The quantitative estimate of drug-likeness (QED) is 0.292. The molecule has 1 aliphatic carbocycles. The molecule has 0 radical (unpaired) electrons. The zero-order chi connectivity index (χ0) is 24.5. The Morgan fingerprint density at radius 3 is 2.89 bits per heavy atom. The predicted molar refractivity (Wildman–Crippen MR) is 124 cm³/mol. The van der Waals surface area contributed by atoms with Gasteiger partial charge in [0.2, 0.25) is 5.88 Å². The van der Waals surface area contributed by atoms with Crippen molar-refractivity contribution in [2.75, 3.05) is 18.5 Å². The smallest absolute Gasteiger partial charge is 0.338 e. The number of hydrogen-bond donors (Lipinski definition) is 4. The number of nitrogens with zero attached hydrogens (tertiary/aromatic N) is 4. The molecule has 180 valence electrons. The van der Waals surface area contributed by atoms with Crippen LogP contribution < -0.4 is 21.7 Å². The normalized spacial score (nSPS) is 14.6. The van der Waals surface area contributed by atoms with Crippen LogP contribution in [0.5, 0.6) is 5.88 Å². The average molecular weight is 479 g/mol. The maximum absolute atomic E-state index is 14.2. The third-order valence-electron chi connectivity index (χ3n) is 5.41. The van der Waals surface area contributed by atoms with Gasteiger partial charge in [-0.25, -0.2) is 19.0 Å². The van der Waals surface area contributed by atoms with Gasteiger partial charge in [-0.3, -0.25) is 9.98 Å². The highest BCUT2D eigenvalue weighted by Gasteiger charge is 2.20. The number of esters is 1. The summed E-state index contributed by atoms with van der Waals surface area (Å²) in [5.74, 6) is -0.675. The van der Waals surface area contributed by atoms with Gasteiger partial charge in [-0.1, -0.05) is 0 Å². The maximum Gasteiger partial charge on any atom is 0.338 e. The number of H-pyrrole nitrogens is 2. The Morgan fingerprint density at radius 1 is 1.34 bits per heavy atom. The van der Waals surface area contributed by atoms with Crippen LogP contribution in [-0.4, -0.2) is 48.8 Å². The summed E-state index contributed by atoms with van der Waals surface area (Å²) in [7, 11) is 0. The van der Waals surface area contributed by atoms with E-state index in [1.807, 2.05) is 0 Å². The van der Waals surface area contributed by atoms with Gasteiger partial charge in [0.15, 0.2) is 11.1 Å². The Bertz CT molecular complexity index is 1600. The van der Waals surface area contributed by atoms with Crippen LogP contribution in [0.25, 0.3) is 11.7 Å². The molecule has 0 aliphatic heterocycles. The van der Waals surface area contributed by atoms with Gasteiger partial charge in [-0.05, 0) is 50.0 Å². The van der Waals surface area contributed by atoms with Crippen LogP contribution in [0.15, 0.2) is 40.2 Å². The van der Waals surface area contributed by atoms with Crippen molar-refractivity contribution in [3.8, 4) is 5.88 Å². The van der Waals surface area contributed by atoms with Gasteiger partial charge in [0.1, 0.15) is 17.3 Å². The number of ether oxygens (including phenoxy) is 1. The number of aromatic nitrogens is 5. The first-order valence-corrected chi connectivity index (χ1v) is 11.1. The van der Waals surface area contributed by atoms with E-state index < -0.39 is 17.5 Å². The molecular formula is C23H22FN7O4. The topological polar surface area (TPSA) is 150 Å². The standard InChI is InChI=1S/C23H22FN7O4/c1-2-35-22(33)13-5-15(24)8-16(6-13)27-18-9-19(25-10-12-3-4-12)31-20(29-18)14(11-26-31)7-17-21(32)30-23(34)28-17/h5-9,11-12,27,32H,2-4,10H2,1H3,(H2,28,30,34)/b14-7-,25-19?. The van der Waals surface area contributed by atoms with Crippen molar-refractivity contribution in [2.45, 2.75) is 19.8 Å². The number of rotatable bonds is 7. The molecule has 1 aliphatic rings. The van der Waals surface area contributed by atoms with Crippen molar-refractivity contribution in [3.05, 3.63) is 68.7 Å². The third kappa shape index (κ3) is 4.90. The fourth-order valence-electron chi connectivity index (χ4n) is 3.56. The molecule has 5 rings (SSSR count). The van der Waals surface area contributed by atoms with Crippen molar-refractivity contribution < 1.29 is 19.0 Å². The Hall–Kier alpha value is -4.48. The van der Waals surface area contributed by atoms with E-state index in [1.54, 1.807) is 17.5 Å². The molecule has 4 aromatic rings. The summed E-state index contributed by atoms with van der Waals surface area (Å²) in [5, 5.41) is 17.8. The molecule has 3 heterocycles. The lowest BCUT2D eigenvalue weighted by atomic mass is 10.2. The lowest BCUT2D eigenvalue weighted by Crippen LogP contribution is -2.20. The number of benzene rings is 1. The van der Waals surface area contributed by atoms with Crippen LogP contribution in [0.2, 0.25) is 0 Å². The Kier molecular flexibility index (Phi) is 5.77. The van der Waals surface area contributed by atoms with Crippen LogP contribution >= 0.6 is 0 Å². The highest BCUT2D eigenvalue weighted by Crippen LogP contribution is 2.28. The van der Waals surface area contributed by atoms with Crippen molar-refractivity contribution in [1.82, 2.24) is 24.6 Å². The van der Waals surface area contributed by atoms with Crippen LogP contribution in [0.4, 0.5) is 15.9 Å². The molecule has 12 heteroatoms. The number of carbonyl (C=O) groups excluding carboxylic acids is 1. The second-order valence-electron chi connectivity index (χ2n) is 8.18. The fourth-order valence-corrected chi connectivity index (χ4v) is 3.56. The number of fused-ring (bicyclic) bond motifs is 1. The van der Waals surface area contributed by atoms with Crippen molar-refractivity contribution in [3.63, 3.8) is 0 Å². The van der Waals surface area contributed by atoms with Crippen molar-refractivity contribution >= 4 is 29.2 Å². The van der Waals surface area contributed by atoms with Crippen LogP contribution in [0.1, 0.15) is 35.8 Å². The minimum absolute atomic E-state index is 0.0688. The summed E-state index contributed by atoms with van der Waals surface area (Å²) in [4.78, 5) is 37.6. The van der Waals surface area contributed by atoms with E-state index in [9.17, 15) is 19.1 Å². The highest BCUT2D eigenvalue weighted by molar-refractivity contribution is 5.90. The molecule has 0 amide bonds. The van der Waals surface area contributed by atoms with E-state index in [-0.39, 0.29) is 23.7 Å². The molecule has 0 bridgehead atoms. The second kappa shape index (κ2) is 9.05. The number of imidazole rings is 1. The fraction of sp³-hybridized carbons (Fsp3) is 0.261. The monoisotopic (exact) mass is 479 g/mol. The Morgan fingerprint density at radius 2 is 2.17 bits per heavy atom. The van der Waals surface area contributed by atoms with E-state index in [0.717, 1.165) is 18.9 Å². The summed E-state index contributed by atoms with van der Waals surface area (Å²) < 4.78 is 20.7. The van der Waals surface area contributed by atoms with Crippen LogP contribution in [0, 0.1) is 11.7 Å². The summed E-state index contributed by atoms with van der Waals surface area (Å²) in [6, 6.07) is 5.49. The Labute approximate surface area is 197 Å². The van der Waals surface area contributed by atoms with Gasteiger partial charge in [-0.15, -0.1) is 0 Å². The zero-order valence-corrected chi connectivity index (χ0v) is 18.7. The number of aromatic hydroxyl groups is 1. The van der Waals surface area contributed by atoms with Crippen LogP contribution in [-0.2, 0) is 4.74 Å². The summed E-state index contributed by atoms with van der Waals surface area (Å²) in [6.45, 7) is 2.48. The van der Waals surface area contributed by atoms with Gasteiger partial charge < -0.3 is 20.1 Å². The SMILES string of the molecule is CCOC(=O)c1cc(F)cc(Nc2cc(=NCC3CC3)n3nc/c(=C/c4[nH]c(=O)[nH]c4O)c3n2)c1. The molecule has 11 nitrogen and oxygen atoms in total. The number of carbonyl (C=O) groups is 1. The first-order valence-electron chi connectivity index (χ1n) is 11.1. The van der Waals surface area contributed by atoms with E-state index in [0.29, 0.717) is 40.3 Å². The van der Waals surface area contributed by atoms with Gasteiger partial charge in [-0.2, -0.15) is 9.61 Å². The number of hydrogen-bond acceptors (Lipinski definition) is 8. The van der Waals surface area contributed by atoms with Crippen LogP contribution in [0.3, 0.4) is 0 Å².